The Hall–Kier alpha value is -0.920. The summed E-state index contributed by atoms with van der Waals surface area (Å²) >= 11 is 0. The molecule has 0 aliphatic carbocycles. The molecule has 0 N–H and O–H groups in total. The molecule has 0 atom stereocenters. The van der Waals surface area contributed by atoms with Gasteiger partial charge in [-0.25, -0.2) is 8.42 Å². The van der Waals surface area contributed by atoms with Gasteiger partial charge in [0, 0.05) is 0 Å². The Bertz CT molecular complexity index is 615. The second-order valence-electron chi connectivity index (χ2n) is 4.85. The molecule has 0 radical (unpaired) electrons. The van der Waals surface area contributed by atoms with Gasteiger partial charge in [0.15, 0.2) is 9.84 Å². The highest BCUT2D eigenvalue weighted by Gasteiger charge is 2.35. The largest absolute Gasteiger partial charge is 0.270 e. The molecule has 0 aliphatic heterocycles. The molecule has 0 aromatic heterocycles. The summed E-state index contributed by atoms with van der Waals surface area (Å²) in [6, 6.07) is 8.08. The van der Waals surface area contributed by atoms with E-state index in [0.717, 1.165) is 6.26 Å². The van der Waals surface area contributed by atoms with Crippen LogP contribution in [0.4, 0.5) is 0 Å². The van der Waals surface area contributed by atoms with Gasteiger partial charge in [-0.1, -0.05) is 18.2 Å². The molecule has 19 heavy (non-hydrogen) atoms. The van der Waals surface area contributed by atoms with Crippen molar-refractivity contribution in [3.8, 4) is 0 Å². The molecule has 0 unspecified atom stereocenters. The van der Waals surface area contributed by atoms with Crippen LogP contribution in [0.1, 0.15) is 20.3 Å². The van der Waals surface area contributed by atoms with E-state index in [1.807, 2.05) is 0 Å². The molecular weight excluding hydrogens is 288 g/mol. The summed E-state index contributed by atoms with van der Waals surface area (Å²) < 4.78 is 50.0. The summed E-state index contributed by atoms with van der Waals surface area (Å²) in [5.41, 5.74) is 0. The van der Waals surface area contributed by atoms with Crippen LogP contribution in [0.3, 0.4) is 0 Å². The van der Waals surface area contributed by atoms with E-state index in [9.17, 15) is 16.8 Å². The molecule has 1 aromatic carbocycles. The molecule has 5 nitrogen and oxygen atoms in total. The molecule has 0 spiro atoms. The summed E-state index contributed by atoms with van der Waals surface area (Å²) in [6.45, 7) is 2.96. The van der Waals surface area contributed by atoms with Gasteiger partial charge < -0.3 is 0 Å². The van der Waals surface area contributed by atoms with Gasteiger partial charge in [-0.3, -0.25) is 4.18 Å². The normalized spacial score (nSPS) is 13.4. The van der Waals surface area contributed by atoms with Crippen LogP contribution in [-0.4, -0.2) is 34.4 Å². The lowest BCUT2D eigenvalue weighted by molar-refractivity contribution is 0.299. The lowest BCUT2D eigenvalue weighted by Crippen LogP contribution is -2.33. The monoisotopic (exact) mass is 306 g/mol. The van der Waals surface area contributed by atoms with Gasteiger partial charge in [0.2, 0.25) is 0 Å². The Kier molecular flexibility index (Phi) is 4.76. The first-order valence-electron chi connectivity index (χ1n) is 5.70. The van der Waals surface area contributed by atoms with Crippen molar-refractivity contribution in [1.29, 1.82) is 0 Å². The minimum absolute atomic E-state index is 0.0945. The minimum atomic E-state index is -3.55. The molecule has 0 amide bonds. The maximum absolute atomic E-state index is 12.4. The smallest absolute Gasteiger partial charge is 0.264 e. The van der Waals surface area contributed by atoms with Crippen LogP contribution in [-0.2, 0) is 24.1 Å². The third-order valence-corrected chi connectivity index (χ3v) is 5.93. The Morgan fingerprint density at radius 2 is 1.58 bits per heavy atom. The molecule has 0 aliphatic rings. The van der Waals surface area contributed by atoms with Gasteiger partial charge >= 0.3 is 0 Å². The predicted octanol–water partition coefficient (Wildman–Crippen LogP) is 1.61. The topological polar surface area (TPSA) is 77.5 Å². The van der Waals surface area contributed by atoms with Gasteiger partial charge in [0.1, 0.15) is 0 Å². The van der Waals surface area contributed by atoms with Gasteiger partial charge in [0.05, 0.1) is 22.5 Å². The number of rotatable bonds is 6. The number of hydrogen-bond donors (Lipinski definition) is 0. The van der Waals surface area contributed by atoms with Crippen molar-refractivity contribution >= 4 is 20.0 Å². The fourth-order valence-corrected chi connectivity index (χ4v) is 3.38. The second-order valence-corrected chi connectivity index (χ2v) is 9.08. The summed E-state index contributed by atoms with van der Waals surface area (Å²) in [7, 11) is -7.08. The molecule has 1 aromatic rings. The van der Waals surface area contributed by atoms with E-state index < -0.39 is 24.7 Å². The molecule has 0 saturated carbocycles. The molecule has 0 saturated heterocycles. The van der Waals surface area contributed by atoms with E-state index in [0.29, 0.717) is 0 Å². The fourth-order valence-electron chi connectivity index (χ4n) is 1.49. The highest BCUT2D eigenvalue weighted by Crippen LogP contribution is 2.28. The van der Waals surface area contributed by atoms with Crippen molar-refractivity contribution in [2.24, 2.45) is 0 Å². The third kappa shape index (κ3) is 4.29. The molecular formula is C12H18O5S2. The lowest BCUT2D eigenvalue weighted by atomic mass is 10.1. The number of hydrogen-bond acceptors (Lipinski definition) is 5. The number of sulfone groups is 1. The molecule has 0 heterocycles. The first-order chi connectivity index (χ1) is 8.56. The second kappa shape index (κ2) is 5.60. The van der Waals surface area contributed by atoms with Crippen molar-refractivity contribution in [1.82, 2.24) is 0 Å². The summed E-state index contributed by atoms with van der Waals surface area (Å²) in [4.78, 5) is 0.222. The average molecular weight is 306 g/mol. The Balaban J connectivity index is 2.88. The van der Waals surface area contributed by atoms with Gasteiger partial charge in [-0.15, -0.1) is 0 Å². The van der Waals surface area contributed by atoms with E-state index in [4.69, 9.17) is 0 Å². The first-order valence-corrected chi connectivity index (χ1v) is 9.00. The number of benzene rings is 1. The van der Waals surface area contributed by atoms with Crippen LogP contribution < -0.4 is 0 Å². The molecule has 0 fully saturated rings. The van der Waals surface area contributed by atoms with E-state index in [1.165, 1.54) is 12.1 Å². The van der Waals surface area contributed by atoms with Crippen molar-refractivity contribution < 1.29 is 21.0 Å². The zero-order valence-electron chi connectivity index (χ0n) is 11.2. The SMILES string of the molecule is CC(C)(CCOS(C)(=O)=O)S(=O)(=O)c1ccccc1. The van der Waals surface area contributed by atoms with Crippen LogP contribution in [0.2, 0.25) is 0 Å². The van der Waals surface area contributed by atoms with Crippen LogP contribution in [0.15, 0.2) is 35.2 Å². The highest BCUT2D eigenvalue weighted by molar-refractivity contribution is 7.92. The zero-order valence-corrected chi connectivity index (χ0v) is 12.8. The van der Waals surface area contributed by atoms with Crippen LogP contribution in [0.5, 0.6) is 0 Å². The van der Waals surface area contributed by atoms with Crippen molar-refractivity contribution in [3.63, 3.8) is 0 Å². The molecule has 1 rings (SSSR count). The van der Waals surface area contributed by atoms with E-state index in [2.05, 4.69) is 4.18 Å². The average Bonchev–Trinajstić information content (AvgIpc) is 2.28. The third-order valence-electron chi connectivity index (χ3n) is 2.78. The van der Waals surface area contributed by atoms with Crippen LogP contribution >= 0.6 is 0 Å². The molecule has 7 heteroatoms. The highest BCUT2D eigenvalue weighted by atomic mass is 32.2. The summed E-state index contributed by atoms with van der Waals surface area (Å²) in [6.07, 6.45) is 1.03. The van der Waals surface area contributed by atoms with E-state index in [-0.39, 0.29) is 17.9 Å². The van der Waals surface area contributed by atoms with Crippen LogP contribution in [0, 0.1) is 0 Å². The maximum atomic E-state index is 12.4. The zero-order chi connectivity index (χ0) is 14.7. The maximum Gasteiger partial charge on any atom is 0.264 e. The van der Waals surface area contributed by atoms with Gasteiger partial charge in [0.25, 0.3) is 10.1 Å². The Morgan fingerprint density at radius 1 is 1.05 bits per heavy atom. The van der Waals surface area contributed by atoms with Crippen molar-refractivity contribution in [2.75, 3.05) is 12.9 Å². The van der Waals surface area contributed by atoms with Gasteiger partial charge in [-0.2, -0.15) is 8.42 Å². The minimum Gasteiger partial charge on any atom is -0.270 e. The Morgan fingerprint density at radius 3 is 2.05 bits per heavy atom. The standard InChI is InChI=1S/C12H18O5S2/c1-12(2,9-10-17-18(3,13)14)19(15,16)11-7-5-4-6-8-11/h4-8H,9-10H2,1-3H3. The lowest BCUT2D eigenvalue weighted by Gasteiger charge is -2.24. The van der Waals surface area contributed by atoms with E-state index >= 15 is 0 Å². The summed E-state index contributed by atoms with van der Waals surface area (Å²) in [5, 5.41) is 0. The first kappa shape index (κ1) is 16.1. The van der Waals surface area contributed by atoms with Crippen molar-refractivity contribution in [2.45, 2.75) is 29.9 Å². The predicted molar refractivity (Wildman–Crippen MR) is 73.1 cm³/mol. The van der Waals surface area contributed by atoms with Crippen LogP contribution in [0.25, 0.3) is 0 Å². The quantitative estimate of drug-likeness (QED) is 0.746. The Labute approximate surface area is 114 Å². The fraction of sp³-hybridized carbons (Fsp3) is 0.500. The van der Waals surface area contributed by atoms with Gasteiger partial charge in [-0.05, 0) is 32.4 Å². The van der Waals surface area contributed by atoms with Crippen molar-refractivity contribution in [3.05, 3.63) is 30.3 Å². The van der Waals surface area contributed by atoms with E-state index in [1.54, 1.807) is 32.0 Å². The molecule has 108 valence electrons. The summed E-state index contributed by atoms with van der Waals surface area (Å²) in [5.74, 6) is 0. The molecule has 0 bridgehead atoms.